The number of nitrogens with one attached hydrogen (secondary N) is 2. The normalized spacial score (nSPS) is 32.1. The molecular weight excluding hydrogens is 480 g/mol. The van der Waals surface area contributed by atoms with Crippen LogP contribution < -0.4 is 10.6 Å². The molecule has 3 aliphatic rings. The number of amides is 3. The lowest BCUT2D eigenvalue weighted by atomic mass is 9.68. The van der Waals surface area contributed by atoms with Crippen molar-refractivity contribution < 1.29 is 33.3 Å². The van der Waals surface area contributed by atoms with E-state index < -0.39 is 29.8 Å². The number of imide groups is 1. The highest BCUT2D eigenvalue weighted by Gasteiger charge is 2.72. The Hall–Kier alpha value is -2.05. The van der Waals surface area contributed by atoms with Crippen molar-refractivity contribution >= 4 is 17.9 Å². The van der Waals surface area contributed by atoms with Gasteiger partial charge in [0, 0.05) is 27.2 Å². The number of epoxide rings is 2. The molecule has 0 radical (unpaired) electrons. The topological polar surface area (TPSA) is 125 Å². The van der Waals surface area contributed by atoms with Crippen LogP contribution in [0.15, 0.2) is 11.6 Å². The number of ether oxygens (including phenoxy) is 4. The van der Waals surface area contributed by atoms with Crippen molar-refractivity contribution in [3.8, 4) is 0 Å². The highest BCUT2D eigenvalue weighted by molar-refractivity contribution is 5.92. The molecule has 6 atom stereocenters. The lowest BCUT2D eigenvalue weighted by Crippen LogP contribution is -2.56. The minimum atomic E-state index is -0.791. The van der Waals surface area contributed by atoms with Crippen molar-refractivity contribution in [2.45, 2.75) is 69.5 Å². The van der Waals surface area contributed by atoms with E-state index in [4.69, 9.17) is 18.9 Å². The average Bonchev–Trinajstić information content (AvgIpc) is 3.74. The summed E-state index contributed by atoms with van der Waals surface area (Å²) in [6.07, 6.45) is 2.64. The van der Waals surface area contributed by atoms with E-state index in [1.54, 1.807) is 38.1 Å². The fraction of sp³-hybridized carbons (Fsp3) is 0.808. The zero-order chi connectivity index (χ0) is 27.4. The molecule has 0 aromatic carbocycles. The van der Waals surface area contributed by atoms with Crippen LogP contribution in [0.3, 0.4) is 0 Å². The van der Waals surface area contributed by atoms with E-state index in [9.17, 15) is 14.4 Å². The van der Waals surface area contributed by atoms with E-state index in [0.29, 0.717) is 26.1 Å². The van der Waals surface area contributed by atoms with Gasteiger partial charge in [-0.3, -0.25) is 19.8 Å². The fourth-order valence-corrected chi connectivity index (χ4v) is 5.45. The Morgan fingerprint density at radius 3 is 2.49 bits per heavy atom. The third kappa shape index (κ3) is 7.29. The predicted octanol–water partition coefficient (Wildman–Crippen LogP) is 0.925. The van der Waals surface area contributed by atoms with Gasteiger partial charge < -0.3 is 29.2 Å². The van der Waals surface area contributed by atoms with E-state index in [2.05, 4.69) is 37.5 Å². The van der Waals surface area contributed by atoms with Crippen LogP contribution in [-0.4, -0.2) is 118 Å². The summed E-state index contributed by atoms with van der Waals surface area (Å²) < 4.78 is 23.7. The molecule has 3 fully saturated rings. The van der Waals surface area contributed by atoms with Crippen LogP contribution in [0, 0.1) is 5.92 Å². The second kappa shape index (κ2) is 12.2. The minimum absolute atomic E-state index is 0.000931. The number of methoxy groups -OCH3 is 1. The van der Waals surface area contributed by atoms with E-state index in [1.807, 2.05) is 0 Å². The van der Waals surface area contributed by atoms with Gasteiger partial charge in [-0.15, -0.1) is 0 Å². The number of hydrogen-bond donors (Lipinski definition) is 2. The number of allylic oxidation sites excluding steroid dienone is 1. The molecular formula is C26H44N4O7. The van der Waals surface area contributed by atoms with Gasteiger partial charge in [0.1, 0.15) is 23.4 Å². The number of carbonyl (C=O) groups is 3. The maximum atomic E-state index is 12.6. The SMILES string of the molecule is CNCC(=O)N(C)CCN(C)CC(=O)NC(=O)OC1CC[C@]2(CO2)C([C@]2(C)O[C@@H]2CC=C(C)C)C1OC. The fourth-order valence-electron chi connectivity index (χ4n) is 5.45. The molecule has 2 saturated heterocycles. The molecule has 2 N–H and O–H groups in total. The van der Waals surface area contributed by atoms with E-state index in [1.165, 1.54) is 5.57 Å². The van der Waals surface area contributed by atoms with E-state index >= 15 is 0 Å². The van der Waals surface area contributed by atoms with Crippen molar-refractivity contribution in [2.24, 2.45) is 5.92 Å². The Balaban J connectivity index is 1.51. The lowest BCUT2D eigenvalue weighted by molar-refractivity contribution is -0.129. The molecule has 2 aliphatic heterocycles. The summed E-state index contributed by atoms with van der Waals surface area (Å²) in [5, 5.41) is 5.14. The first-order valence-corrected chi connectivity index (χ1v) is 13.0. The minimum Gasteiger partial charge on any atom is -0.443 e. The van der Waals surface area contributed by atoms with Crippen molar-refractivity contribution in [3.05, 3.63) is 11.6 Å². The predicted molar refractivity (Wildman–Crippen MR) is 137 cm³/mol. The number of rotatable bonds is 12. The van der Waals surface area contributed by atoms with Gasteiger partial charge in [0.05, 0.1) is 31.7 Å². The largest absolute Gasteiger partial charge is 0.443 e. The van der Waals surface area contributed by atoms with Crippen molar-refractivity contribution in [1.29, 1.82) is 0 Å². The maximum Gasteiger partial charge on any atom is 0.414 e. The molecule has 37 heavy (non-hydrogen) atoms. The monoisotopic (exact) mass is 524 g/mol. The Kier molecular flexibility index (Phi) is 9.73. The summed E-state index contributed by atoms with van der Waals surface area (Å²) in [4.78, 5) is 40.2. The van der Waals surface area contributed by atoms with Gasteiger partial charge in [-0.2, -0.15) is 0 Å². The Morgan fingerprint density at radius 2 is 1.89 bits per heavy atom. The summed E-state index contributed by atoms with van der Waals surface area (Å²) >= 11 is 0. The highest BCUT2D eigenvalue weighted by Crippen LogP contribution is 2.59. The number of alkyl carbamates (subject to hydrolysis) is 1. The van der Waals surface area contributed by atoms with Crippen LogP contribution in [0.25, 0.3) is 0 Å². The van der Waals surface area contributed by atoms with Gasteiger partial charge in [0.25, 0.3) is 0 Å². The van der Waals surface area contributed by atoms with Gasteiger partial charge in [-0.25, -0.2) is 4.79 Å². The van der Waals surface area contributed by atoms with Crippen molar-refractivity contribution in [1.82, 2.24) is 20.4 Å². The molecule has 0 bridgehead atoms. The number of likely N-dealkylation sites (N-methyl/N-ethyl adjacent to an activating group) is 3. The number of carbonyl (C=O) groups excluding carboxylic acids is 3. The zero-order valence-electron chi connectivity index (χ0n) is 23.3. The highest BCUT2D eigenvalue weighted by atomic mass is 16.6. The molecule has 1 aliphatic carbocycles. The molecule has 3 amide bonds. The van der Waals surface area contributed by atoms with Crippen LogP contribution in [0.4, 0.5) is 4.79 Å². The van der Waals surface area contributed by atoms with Crippen LogP contribution in [0.1, 0.15) is 40.0 Å². The summed E-state index contributed by atoms with van der Waals surface area (Å²) in [7, 11) is 6.79. The summed E-state index contributed by atoms with van der Waals surface area (Å²) in [6.45, 7) is 8.07. The Labute approximate surface area is 220 Å². The summed E-state index contributed by atoms with van der Waals surface area (Å²) in [5.74, 6) is -0.592. The molecule has 0 aromatic heterocycles. The molecule has 1 saturated carbocycles. The van der Waals surface area contributed by atoms with Crippen LogP contribution in [0.5, 0.6) is 0 Å². The van der Waals surface area contributed by atoms with Crippen molar-refractivity contribution in [2.75, 3.05) is 61.0 Å². The van der Waals surface area contributed by atoms with E-state index in [0.717, 1.165) is 12.8 Å². The second-order valence-electron chi connectivity index (χ2n) is 11.0. The smallest absolute Gasteiger partial charge is 0.414 e. The third-order valence-corrected chi connectivity index (χ3v) is 7.72. The Morgan fingerprint density at radius 1 is 1.19 bits per heavy atom. The van der Waals surface area contributed by atoms with Crippen LogP contribution in [0.2, 0.25) is 0 Å². The summed E-state index contributed by atoms with van der Waals surface area (Å²) in [5.41, 5.74) is 0.498. The first-order chi connectivity index (χ1) is 17.5. The molecule has 2 heterocycles. The zero-order valence-corrected chi connectivity index (χ0v) is 23.3. The maximum absolute atomic E-state index is 12.6. The molecule has 210 valence electrons. The quantitative estimate of drug-likeness (QED) is 0.283. The van der Waals surface area contributed by atoms with Gasteiger partial charge in [-0.1, -0.05) is 11.6 Å². The Bertz CT molecular complexity index is 873. The molecule has 1 spiro atoms. The van der Waals surface area contributed by atoms with E-state index in [-0.39, 0.29) is 36.6 Å². The van der Waals surface area contributed by atoms with Crippen LogP contribution in [-0.2, 0) is 28.5 Å². The number of hydrogen-bond acceptors (Lipinski definition) is 9. The number of nitrogens with zero attached hydrogens (tertiary/aromatic N) is 2. The molecule has 11 nitrogen and oxygen atoms in total. The van der Waals surface area contributed by atoms with Gasteiger partial charge in [-0.05, 0) is 54.1 Å². The molecule has 11 heteroatoms. The molecule has 0 aromatic rings. The van der Waals surface area contributed by atoms with Crippen LogP contribution >= 0.6 is 0 Å². The second-order valence-corrected chi connectivity index (χ2v) is 11.0. The standard InChI is InChI=1S/C26H44N4O7/c1-17(2)8-9-19-25(3,37-19)23-22(34-7)18(10-11-26(23)16-35-26)36-24(33)28-20(31)15-29(5)12-13-30(6)21(32)14-27-4/h8,18-19,22-23,27H,9-16H2,1-7H3,(H,28,31,33)/t18?,19-,22?,23?,25-,26+/m1/s1. The van der Waals surface area contributed by atoms with Crippen molar-refractivity contribution in [3.63, 3.8) is 0 Å². The van der Waals surface area contributed by atoms with Gasteiger partial charge in [0.2, 0.25) is 11.8 Å². The van der Waals surface area contributed by atoms with Gasteiger partial charge in [0.15, 0.2) is 0 Å². The first kappa shape index (κ1) is 29.5. The first-order valence-electron chi connectivity index (χ1n) is 13.0. The average molecular weight is 525 g/mol. The van der Waals surface area contributed by atoms with Gasteiger partial charge >= 0.3 is 6.09 Å². The summed E-state index contributed by atoms with van der Waals surface area (Å²) in [6, 6.07) is 0. The molecule has 3 unspecified atom stereocenters. The third-order valence-electron chi connectivity index (χ3n) is 7.72. The molecule has 3 rings (SSSR count). The lowest BCUT2D eigenvalue weighted by Gasteiger charge is -2.42.